The van der Waals surface area contributed by atoms with Gasteiger partial charge in [-0.05, 0) is 119 Å². The van der Waals surface area contributed by atoms with E-state index in [9.17, 15) is 28.8 Å². The fourth-order valence-corrected chi connectivity index (χ4v) is 15.0. The molecule has 2 N–H and O–H groups in total. The largest absolute Gasteiger partial charge is 0.490 e. The van der Waals surface area contributed by atoms with E-state index in [1.807, 2.05) is 24.3 Å². The second kappa shape index (κ2) is 44.2. The zero-order chi connectivity index (χ0) is 74.8. The molecule has 16 heteroatoms. The first-order chi connectivity index (χ1) is 52.0. The molecule has 7 aromatic carbocycles. The van der Waals surface area contributed by atoms with Crippen LogP contribution in [-0.4, -0.2) is 111 Å². The van der Waals surface area contributed by atoms with Crippen molar-refractivity contribution in [2.75, 3.05) is 65.8 Å². The third kappa shape index (κ3) is 22.0. The lowest BCUT2D eigenvalue weighted by molar-refractivity contribution is 0.0594. The van der Waals surface area contributed by atoms with Crippen LogP contribution in [0.5, 0.6) is 34.5 Å². The van der Waals surface area contributed by atoms with Crippen LogP contribution in [0.15, 0.2) is 72.8 Å². The van der Waals surface area contributed by atoms with Crippen molar-refractivity contribution in [2.45, 2.75) is 273 Å². The molecule has 0 aromatic heterocycles. The van der Waals surface area contributed by atoms with E-state index in [-0.39, 0.29) is 26.2 Å². The minimum absolute atomic E-state index is 0.0111. The zero-order valence-corrected chi connectivity index (χ0v) is 65.2. The van der Waals surface area contributed by atoms with Crippen LogP contribution in [0.25, 0.3) is 43.1 Å². The lowest BCUT2D eigenvalue weighted by Gasteiger charge is -2.30. The van der Waals surface area contributed by atoms with Gasteiger partial charge in [0.05, 0.1) is 39.6 Å². The van der Waals surface area contributed by atoms with Gasteiger partial charge in [-0.2, -0.15) is 0 Å². The zero-order valence-electron chi connectivity index (χ0n) is 65.2. The van der Waals surface area contributed by atoms with E-state index in [1.54, 1.807) is 48.5 Å². The van der Waals surface area contributed by atoms with Gasteiger partial charge in [-0.1, -0.05) is 258 Å². The Bertz CT molecular complexity index is 3520. The van der Waals surface area contributed by atoms with E-state index in [4.69, 9.17) is 28.4 Å². The second-order valence-electron chi connectivity index (χ2n) is 29.5. The van der Waals surface area contributed by atoms with E-state index >= 15 is 0 Å². The fourth-order valence-electron chi connectivity index (χ4n) is 15.0. The summed E-state index contributed by atoms with van der Waals surface area (Å²) in [6.07, 6.45) is 39.9. The van der Waals surface area contributed by atoms with Gasteiger partial charge >= 0.3 is 0 Å². The van der Waals surface area contributed by atoms with Crippen molar-refractivity contribution < 1.29 is 57.2 Å². The van der Waals surface area contributed by atoms with Crippen molar-refractivity contribution in [1.82, 2.24) is 20.4 Å². The molecule has 106 heavy (non-hydrogen) atoms. The van der Waals surface area contributed by atoms with Crippen molar-refractivity contribution in [3.63, 3.8) is 0 Å². The average Bonchev–Trinajstić information content (AvgIpc) is 0.692. The summed E-state index contributed by atoms with van der Waals surface area (Å²) in [5.74, 6) is 0.209. The van der Waals surface area contributed by atoms with Crippen molar-refractivity contribution in [1.29, 1.82) is 0 Å². The van der Waals surface area contributed by atoms with E-state index in [0.717, 1.165) is 148 Å². The summed E-state index contributed by atoms with van der Waals surface area (Å²) in [7, 11) is 0. The molecule has 0 aliphatic carbocycles. The minimum atomic E-state index is -0.474. The Morgan fingerprint density at radius 3 is 0.736 bits per heavy atom. The maximum atomic E-state index is 14.7. The van der Waals surface area contributed by atoms with Gasteiger partial charge in [-0.3, -0.25) is 38.6 Å². The summed E-state index contributed by atoms with van der Waals surface area (Å²) >= 11 is 0. The molecule has 7 aromatic rings. The molecule has 0 unspecified atom stereocenters. The molecule has 0 bridgehead atoms. The second-order valence-corrected chi connectivity index (χ2v) is 29.5. The highest BCUT2D eigenvalue weighted by Gasteiger charge is 2.37. The number of nitrogens with zero attached hydrogens (tertiary/aromatic N) is 2. The van der Waals surface area contributed by atoms with E-state index in [2.05, 4.69) is 52.2 Å². The van der Waals surface area contributed by atoms with E-state index in [0.29, 0.717) is 118 Å². The lowest BCUT2D eigenvalue weighted by Crippen LogP contribution is -2.44. The van der Waals surface area contributed by atoms with Crippen LogP contribution in [0.1, 0.15) is 335 Å². The third-order valence-electron chi connectivity index (χ3n) is 21.1. The molecule has 0 spiro atoms. The molecule has 0 saturated heterocycles. The smallest absolute Gasteiger partial charge is 0.261 e. The SMILES string of the molecule is CCCCCCCCOc1cc(C(=O)NCCN2C(=O)c3ccc4c5ccc6c7c(ccc(c8ccc(c3c48)C2=O)c75)C(=O)N(CCNC(=O)c2cc(OCCCCCCCC)c(OCCCCCCCC)c(OCCCCCCCC)c2)C6=O)cc(OCCCCCCCC)c1OCCCCCCCC. The predicted molar refractivity (Wildman–Crippen MR) is 429 cm³/mol. The quantitative estimate of drug-likeness (QED) is 0.0159. The first-order valence-corrected chi connectivity index (χ1v) is 41.6. The summed E-state index contributed by atoms with van der Waals surface area (Å²) in [6, 6.07) is 21.5. The van der Waals surface area contributed by atoms with Crippen molar-refractivity contribution >= 4 is 78.5 Å². The summed E-state index contributed by atoms with van der Waals surface area (Å²) < 4.78 is 39.0. The minimum Gasteiger partial charge on any atom is -0.490 e. The van der Waals surface area contributed by atoms with E-state index < -0.39 is 35.4 Å². The Morgan fingerprint density at radius 1 is 0.283 bits per heavy atom. The standard InChI is InChI=1S/C90H124N4O12/c1-7-13-19-25-31-37-55-101-75-61-65(62-76(102-56-38-32-26-20-14-8-2)83(75)105-59-41-35-29-23-17-11-5)85(95)91-51-53-93-87(97)71-47-43-67-69-45-49-73-82-74(50-46-70(80(69)82)68-44-48-72(88(93)98)81(71)79(67)68)90(100)94(89(73)99)54-52-92-86(96)66-63-77(103-57-39-33-27-21-15-9-3)84(106-60-42-36-30-24-18-12-6)78(64-66)104-58-40-34-28-22-16-10-4/h43-50,61-64H,7-42,51-60H2,1-6H3,(H,91,95)(H,92,96). The van der Waals surface area contributed by atoms with Gasteiger partial charge in [0.15, 0.2) is 23.0 Å². The molecule has 9 rings (SSSR count). The average molecular weight is 1450 g/mol. The summed E-state index contributed by atoms with van der Waals surface area (Å²) in [5, 5.41) is 11.6. The van der Waals surface area contributed by atoms with Crippen LogP contribution >= 0.6 is 0 Å². The van der Waals surface area contributed by atoms with Crippen LogP contribution in [0.3, 0.4) is 0 Å². The molecular weight excluding hydrogens is 1330 g/mol. The number of carbonyl (C=O) groups is 6. The van der Waals surface area contributed by atoms with Crippen molar-refractivity contribution in [3.05, 3.63) is 106 Å². The molecule has 2 heterocycles. The summed E-state index contributed by atoms with van der Waals surface area (Å²) in [4.78, 5) is 90.0. The van der Waals surface area contributed by atoms with Gasteiger partial charge in [-0.25, -0.2) is 0 Å². The van der Waals surface area contributed by atoms with Gasteiger partial charge in [0.1, 0.15) is 0 Å². The number of benzene rings is 7. The topological polar surface area (TPSA) is 188 Å². The normalized spacial score (nSPS) is 12.8. The molecule has 0 saturated carbocycles. The van der Waals surface area contributed by atoms with Crippen LogP contribution in [0.4, 0.5) is 0 Å². The Balaban J connectivity index is 0.897. The highest BCUT2D eigenvalue weighted by Crippen LogP contribution is 2.47. The number of nitrogens with one attached hydrogen (secondary N) is 2. The van der Waals surface area contributed by atoms with Gasteiger partial charge in [0.25, 0.3) is 35.4 Å². The monoisotopic (exact) mass is 1450 g/mol. The van der Waals surface area contributed by atoms with Gasteiger partial charge < -0.3 is 39.1 Å². The molecule has 2 aliphatic rings. The molecule has 0 fully saturated rings. The first kappa shape index (κ1) is 81.9. The molecule has 6 amide bonds. The van der Waals surface area contributed by atoms with Crippen LogP contribution in [0, 0.1) is 0 Å². The highest BCUT2D eigenvalue weighted by atomic mass is 16.5. The molecular formula is C90H124N4O12. The Hall–Kier alpha value is -8.14. The highest BCUT2D eigenvalue weighted by molar-refractivity contribution is 6.41. The number of hydrogen-bond donors (Lipinski definition) is 2. The van der Waals surface area contributed by atoms with Crippen molar-refractivity contribution in [3.8, 4) is 34.5 Å². The summed E-state index contributed by atoms with van der Waals surface area (Å²) in [5.41, 5.74) is 2.10. The number of hydrogen-bond acceptors (Lipinski definition) is 12. The maximum absolute atomic E-state index is 14.7. The molecule has 2 aliphatic heterocycles. The predicted octanol–water partition coefficient (Wildman–Crippen LogP) is 22.2. The van der Waals surface area contributed by atoms with Gasteiger partial charge in [0.2, 0.25) is 11.5 Å². The number of ether oxygens (including phenoxy) is 6. The van der Waals surface area contributed by atoms with Crippen LogP contribution < -0.4 is 39.1 Å². The number of unbranched alkanes of at least 4 members (excludes halogenated alkanes) is 30. The molecule has 0 atom stereocenters. The van der Waals surface area contributed by atoms with Crippen molar-refractivity contribution in [2.24, 2.45) is 0 Å². The third-order valence-corrected chi connectivity index (χ3v) is 21.1. The number of carbonyl (C=O) groups excluding carboxylic acids is 6. The van der Waals surface area contributed by atoms with E-state index in [1.165, 1.54) is 125 Å². The Morgan fingerprint density at radius 2 is 0.500 bits per heavy atom. The number of imide groups is 2. The maximum Gasteiger partial charge on any atom is 0.261 e. The Kier molecular flexibility index (Phi) is 34.2. The Labute approximate surface area is 632 Å². The van der Waals surface area contributed by atoms with Gasteiger partial charge in [0, 0.05) is 70.3 Å². The van der Waals surface area contributed by atoms with Gasteiger partial charge in [-0.15, -0.1) is 0 Å². The molecule has 0 radical (unpaired) electrons. The molecule has 576 valence electrons. The number of rotatable bonds is 56. The molecule has 16 nitrogen and oxygen atoms in total. The fraction of sp³-hybridized carbons (Fsp3) is 0.578. The van der Waals surface area contributed by atoms with Crippen LogP contribution in [0.2, 0.25) is 0 Å². The first-order valence-electron chi connectivity index (χ1n) is 41.6. The summed E-state index contributed by atoms with van der Waals surface area (Å²) in [6.45, 7) is 16.0. The number of fused-ring (bicyclic) bond motifs is 2. The lowest BCUT2D eigenvalue weighted by atomic mass is 9.82. The van der Waals surface area contributed by atoms with Crippen LogP contribution in [-0.2, 0) is 0 Å². The number of amides is 6.